The summed E-state index contributed by atoms with van der Waals surface area (Å²) in [5.74, 6) is 0.612. The van der Waals surface area contributed by atoms with Gasteiger partial charge in [0.25, 0.3) is 5.91 Å². The third-order valence-electron chi connectivity index (χ3n) is 4.05. The van der Waals surface area contributed by atoms with Crippen molar-refractivity contribution < 1.29 is 9.53 Å². The van der Waals surface area contributed by atoms with E-state index in [1.165, 1.54) is 5.56 Å². The molecule has 1 saturated carbocycles. The van der Waals surface area contributed by atoms with E-state index in [0.717, 1.165) is 17.9 Å². The number of hydrogen-bond acceptors (Lipinski definition) is 2. The number of rotatable bonds is 6. The van der Waals surface area contributed by atoms with Crippen molar-refractivity contribution in [2.75, 3.05) is 13.2 Å². The summed E-state index contributed by atoms with van der Waals surface area (Å²) < 4.78 is 5.45. The van der Waals surface area contributed by atoms with E-state index in [1.807, 2.05) is 54.6 Å². The summed E-state index contributed by atoms with van der Waals surface area (Å²) in [5, 5.41) is 3.71. The summed E-state index contributed by atoms with van der Waals surface area (Å²) in [5.41, 5.74) is 1.31. The minimum absolute atomic E-state index is 0.0424. The van der Waals surface area contributed by atoms with E-state index in [-0.39, 0.29) is 17.9 Å². The summed E-state index contributed by atoms with van der Waals surface area (Å²) in [6.45, 7) is 0.687. The molecular formula is C18H18ClNO2. The zero-order valence-corrected chi connectivity index (χ0v) is 13.0. The quantitative estimate of drug-likeness (QED) is 0.885. The summed E-state index contributed by atoms with van der Waals surface area (Å²) in [6.07, 6.45) is 2.18. The number of benzene rings is 2. The average Bonchev–Trinajstić information content (AvgIpc) is 3.34. The molecule has 114 valence electrons. The Morgan fingerprint density at radius 1 is 1.09 bits per heavy atom. The molecule has 3 rings (SSSR count). The van der Waals surface area contributed by atoms with Crippen LogP contribution in [0.3, 0.4) is 0 Å². The van der Waals surface area contributed by atoms with Crippen LogP contribution < -0.4 is 10.1 Å². The zero-order chi connectivity index (χ0) is 15.4. The van der Waals surface area contributed by atoms with Crippen LogP contribution in [0.2, 0.25) is 5.02 Å². The fourth-order valence-electron chi connectivity index (χ4n) is 2.51. The van der Waals surface area contributed by atoms with Crippen molar-refractivity contribution in [2.45, 2.75) is 18.3 Å². The molecule has 1 amide bonds. The van der Waals surface area contributed by atoms with Crippen LogP contribution >= 0.6 is 11.6 Å². The maximum atomic E-state index is 11.9. The first-order chi connectivity index (χ1) is 10.7. The molecular weight excluding hydrogens is 298 g/mol. The van der Waals surface area contributed by atoms with Gasteiger partial charge in [0.1, 0.15) is 5.75 Å². The molecule has 0 saturated heterocycles. The highest BCUT2D eigenvalue weighted by Crippen LogP contribution is 2.47. The summed E-state index contributed by atoms with van der Waals surface area (Å²) in [7, 11) is 0. The van der Waals surface area contributed by atoms with E-state index in [1.54, 1.807) is 0 Å². The zero-order valence-electron chi connectivity index (χ0n) is 12.2. The highest BCUT2D eigenvalue weighted by molar-refractivity contribution is 6.30. The van der Waals surface area contributed by atoms with Crippen LogP contribution in [0.15, 0.2) is 54.6 Å². The van der Waals surface area contributed by atoms with E-state index in [2.05, 4.69) is 5.32 Å². The van der Waals surface area contributed by atoms with Crippen molar-refractivity contribution in [3.05, 3.63) is 65.2 Å². The van der Waals surface area contributed by atoms with Gasteiger partial charge in [0.2, 0.25) is 0 Å². The van der Waals surface area contributed by atoms with E-state index in [4.69, 9.17) is 16.3 Å². The number of ether oxygens (including phenoxy) is 1. The third kappa shape index (κ3) is 3.60. The first kappa shape index (κ1) is 14.9. The second kappa shape index (κ2) is 6.41. The van der Waals surface area contributed by atoms with Crippen molar-refractivity contribution in [1.29, 1.82) is 0 Å². The van der Waals surface area contributed by atoms with Crippen LogP contribution in [0.5, 0.6) is 5.75 Å². The maximum Gasteiger partial charge on any atom is 0.257 e. The SMILES string of the molecule is O=C(COc1ccccc1)NCC1(c2ccc(Cl)cc2)CC1. The number of para-hydroxylation sites is 1. The van der Waals surface area contributed by atoms with Gasteiger partial charge in [-0.05, 0) is 42.7 Å². The fourth-order valence-corrected chi connectivity index (χ4v) is 2.63. The summed E-state index contributed by atoms with van der Waals surface area (Å²) in [4.78, 5) is 11.9. The van der Waals surface area contributed by atoms with Gasteiger partial charge in [-0.2, -0.15) is 0 Å². The lowest BCUT2D eigenvalue weighted by Crippen LogP contribution is -2.35. The predicted molar refractivity (Wildman–Crippen MR) is 87.3 cm³/mol. The molecule has 0 spiro atoms. The molecule has 4 heteroatoms. The number of amides is 1. The lowest BCUT2D eigenvalue weighted by atomic mass is 9.96. The minimum Gasteiger partial charge on any atom is -0.484 e. The first-order valence-corrected chi connectivity index (χ1v) is 7.76. The molecule has 0 unspecified atom stereocenters. The highest BCUT2D eigenvalue weighted by atomic mass is 35.5. The lowest BCUT2D eigenvalue weighted by Gasteiger charge is -2.17. The molecule has 1 N–H and O–H groups in total. The third-order valence-corrected chi connectivity index (χ3v) is 4.30. The smallest absolute Gasteiger partial charge is 0.257 e. The fraction of sp³-hybridized carbons (Fsp3) is 0.278. The van der Waals surface area contributed by atoms with Crippen molar-refractivity contribution in [3.63, 3.8) is 0 Å². The largest absolute Gasteiger partial charge is 0.484 e. The molecule has 2 aromatic carbocycles. The van der Waals surface area contributed by atoms with Gasteiger partial charge in [0.15, 0.2) is 6.61 Å². The van der Waals surface area contributed by atoms with Crippen LogP contribution in [-0.2, 0) is 10.2 Å². The van der Waals surface area contributed by atoms with Crippen LogP contribution in [-0.4, -0.2) is 19.1 Å². The molecule has 22 heavy (non-hydrogen) atoms. The number of carbonyl (C=O) groups excluding carboxylic acids is 1. The topological polar surface area (TPSA) is 38.3 Å². The maximum absolute atomic E-state index is 11.9. The normalized spacial score (nSPS) is 15.1. The minimum atomic E-state index is -0.0934. The van der Waals surface area contributed by atoms with Crippen molar-refractivity contribution in [3.8, 4) is 5.75 Å². The summed E-state index contributed by atoms with van der Waals surface area (Å²) in [6, 6.07) is 17.2. The molecule has 0 bridgehead atoms. The van der Waals surface area contributed by atoms with Gasteiger partial charge in [-0.3, -0.25) is 4.79 Å². The average molecular weight is 316 g/mol. The van der Waals surface area contributed by atoms with Gasteiger partial charge in [-0.1, -0.05) is 41.9 Å². The van der Waals surface area contributed by atoms with Crippen molar-refractivity contribution in [2.24, 2.45) is 0 Å². The molecule has 0 heterocycles. The van der Waals surface area contributed by atoms with Gasteiger partial charge >= 0.3 is 0 Å². The van der Waals surface area contributed by atoms with Crippen LogP contribution in [0.25, 0.3) is 0 Å². The monoisotopic (exact) mass is 315 g/mol. The summed E-state index contributed by atoms with van der Waals surface area (Å²) >= 11 is 5.92. The first-order valence-electron chi connectivity index (χ1n) is 7.39. The van der Waals surface area contributed by atoms with E-state index >= 15 is 0 Å². The standard InChI is InChI=1S/C18H18ClNO2/c19-15-8-6-14(7-9-15)18(10-11-18)13-20-17(21)12-22-16-4-2-1-3-5-16/h1-9H,10-13H2,(H,20,21). The van der Waals surface area contributed by atoms with E-state index < -0.39 is 0 Å². The molecule has 1 aliphatic rings. The number of halogens is 1. The number of nitrogens with one attached hydrogen (secondary N) is 1. The Balaban J connectivity index is 1.49. The van der Waals surface area contributed by atoms with Crippen LogP contribution in [0.4, 0.5) is 0 Å². The molecule has 3 nitrogen and oxygen atoms in total. The van der Waals surface area contributed by atoms with Crippen LogP contribution in [0.1, 0.15) is 18.4 Å². The molecule has 1 fully saturated rings. The van der Waals surface area contributed by atoms with Crippen molar-refractivity contribution in [1.82, 2.24) is 5.32 Å². The molecule has 0 aliphatic heterocycles. The van der Waals surface area contributed by atoms with E-state index in [0.29, 0.717) is 12.3 Å². The van der Waals surface area contributed by atoms with Gasteiger partial charge < -0.3 is 10.1 Å². The van der Waals surface area contributed by atoms with Crippen molar-refractivity contribution >= 4 is 17.5 Å². The van der Waals surface area contributed by atoms with E-state index in [9.17, 15) is 4.79 Å². The lowest BCUT2D eigenvalue weighted by molar-refractivity contribution is -0.123. The number of carbonyl (C=O) groups is 1. The highest BCUT2D eigenvalue weighted by Gasteiger charge is 2.44. The van der Waals surface area contributed by atoms with Gasteiger partial charge in [-0.15, -0.1) is 0 Å². The number of hydrogen-bond donors (Lipinski definition) is 1. The Morgan fingerprint density at radius 2 is 1.77 bits per heavy atom. The Morgan fingerprint density at radius 3 is 2.41 bits per heavy atom. The predicted octanol–water partition coefficient (Wildman–Crippen LogP) is 3.57. The Kier molecular flexibility index (Phi) is 4.34. The van der Waals surface area contributed by atoms with Gasteiger partial charge in [-0.25, -0.2) is 0 Å². The second-order valence-corrected chi connectivity index (χ2v) is 6.10. The second-order valence-electron chi connectivity index (χ2n) is 5.67. The molecule has 0 aromatic heterocycles. The Hall–Kier alpha value is -2.00. The Labute approximate surface area is 135 Å². The molecule has 0 radical (unpaired) electrons. The molecule has 1 aliphatic carbocycles. The molecule has 2 aromatic rings. The molecule has 0 atom stereocenters. The van der Waals surface area contributed by atoms with Crippen LogP contribution in [0, 0.1) is 0 Å². The Bertz CT molecular complexity index is 636. The van der Waals surface area contributed by atoms with Gasteiger partial charge in [0, 0.05) is 17.0 Å². The van der Waals surface area contributed by atoms with Gasteiger partial charge in [0.05, 0.1) is 0 Å².